The number of carbonyl (C=O) groups excluding carboxylic acids is 18. The summed E-state index contributed by atoms with van der Waals surface area (Å²) in [6, 6.07) is 6.91. The van der Waals surface area contributed by atoms with Gasteiger partial charge >= 0.3 is 35.8 Å². The van der Waals surface area contributed by atoms with E-state index < -0.39 is 181 Å². The Morgan fingerprint density at radius 2 is 0.333 bits per heavy atom. The highest BCUT2D eigenvalue weighted by molar-refractivity contribution is 6.27. The second-order valence-electron chi connectivity index (χ2n) is 19.5. The molecule has 90 heavy (non-hydrogen) atoms. The Kier molecular flexibility index (Phi) is 17.4. The van der Waals surface area contributed by atoms with Crippen LogP contribution in [0.5, 0.6) is 34.5 Å². The molecular formula is C54H42N6O30. The zero-order chi connectivity index (χ0) is 64.2. The van der Waals surface area contributed by atoms with Crippen molar-refractivity contribution in [2.75, 3.05) is 39.6 Å². The van der Waals surface area contributed by atoms with E-state index in [1.54, 1.807) is 0 Å². The van der Waals surface area contributed by atoms with Crippen LogP contribution in [0.15, 0.2) is 36.4 Å². The van der Waals surface area contributed by atoms with Crippen LogP contribution in [0, 0.1) is 0 Å². The zero-order valence-electron chi connectivity index (χ0n) is 46.1. The van der Waals surface area contributed by atoms with Crippen LogP contribution >= 0.6 is 0 Å². The van der Waals surface area contributed by atoms with Crippen molar-refractivity contribution in [2.45, 2.75) is 77.0 Å². The minimum absolute atomic E-state index is 0.0414. The van der Waals surface area contributed by atoms with Gasteiger partial charge in [0.25, 0.3) is 70.9 Å². The Balaban J connectivity index is 1.12. The van der Waals surface area contributed by atoms with Crippen LogP contribution in [0.25, 0.3) is 32.3 Å². The van der Waals surface area contributed by atoms with E-state index in [-0.39, 0.29) is 140 Å². The first-order valence-corrected chi connectivity index (χ1v) is 26.7. The second-order valence-corrected chi connectivity index (χ2v) is 19.5. The number of carbonyl (C=O) groups is 18. The van der Waals surface area contributed by atoms with Crippen molar-refractivity contribution in [3.8, 4) is 34.5 Å². The number of amides is 12. The Hall–Kier alpha value is -11.9. The van der Waals surface area contributed by atoms with E-state index in [1.165, 1.54) is 0 Å². The molecule has 0 bridgehead atoms. The van der Waals surface area contributed by atoms with Gasteiger partial charge in [-0.1, -0.05) is 0 Å². The molecule has 10 rings (SSSR count). The largest absolute Gasteiger partial charge is 0.478 e. The average molecular weight is 1250 g/mol. The number of nitrogens with zero attached hydrogens (tertiary/aromatic N) is 6. The van der Waals surface area contributed by atoms with Gasteiger partial charge < -0.3 is 57.4 Å². The van der Waals surface area contributed by atoms with E-state index in [9.17, 15) is 86.3 Å². The molecule has 6 fully saturated rings. The van der Waals surface area contributed by atoms with Crippen molar-refractivity contribution in [1.82, 2.24) is 30.4 Å². The first kappa shape index (κ1) is 61.2. The summed E-state index contributed by atoms with van der Waals surface area (Å²) in [5.41, 5.74) is 0. The predicted octanol–water partition coefficient (Wildman–Crippen LogP) is -0.938. The molecule has 0 unspecified atom stereocenters. The van der Waals surface area contributed by atoms with Crippen LogP contribution < -0.4 is 28.4 Å². The lowest BCUT2D eigenvalue weighted by Gasteiger charge is -2.21. The summed E-state index contributed by atoms with van der Waals surface area (Å²) in [5, 5.41) is 1.03. The first-order chi connectivity index (χ1) is 43.0. The van der Waals surface area contributed by atoms with Crippen LogP contribution in [-0.2, 0) is 115 Å². The fraction of sp³-hybridized carbons (Fsp3) is 0.333. The number of imide groups is 6. The number of hydrogen-bond acceptors (Lipinski definition) is 30. The summed E-state index contributed by atoms with van der Waals surface area (Å²) in [4.78, 5) is 257. The molecule has 0 spiro atoms. The molecule has 0 aliphatic carbocycles. The Morgan fingerprint density at radius 1 is 0.222 bits per heavy atom. The van der Waals surface area contributed by atoms with Crippen LogP contribution in [0.2, 0.25) is 0 Å². The molecular weight excluding hydrogens is 1210 g/mol. The number of rotatable bonds is 24. The minimum atomic E-state index is -1.34. The van der Waals surface area contributed by atoms with Crippen molar-refractivity contribution in [3.63, 3.8) is 0 Å². The van der Waals surface area contributed by atoms with Crippen LogP contribution in [0.4, 0.5) is 0 Å². The molecule has 4 aromatic rings. The SMILES string of the molecule is O=C(COc1cc2c3cc(OCC(=O)ON4C(=O)CCC4=O)c(OCC(=O)ON4C(=O)CCC4=O)cc3c3cc(OCC(=O)ON4C(=O)CCC4=O)c(OCC(=O)ON4C(=O)CCC4=O)cc3c2cc1OCC(=O)ON1C(=O)CCC1=O)ON1C(=O)CCC1=O. The van der Waals surface area contributed by atoms with Crippen molar-refractivity contribution in [1.29, 1.82) is 0 Å². The normalized spacial score (nSPS) is 16.8. The smallest absolute Gasteiger partial charge is 0.370 e. The summed E-state index contributed by atoms with van der Waals surface area (Å²) < 4.78 is 35.1. The molecule has 0 radical (unpaired) electrons. The standard InChI is InChI=1S/C54H42N6O30/c61-37-1-2-38(62)55(37)85-49(73)19-79-31-13-25-26(14-32(31)80-20-50(74)86-56-39(63)3-4-40(56)64)28-16-34(82-22-52(76)88-58-43(67)7-8-44(58)68)36(84-24-54(78)90-60-47(71)11-12-48(60)72)18-30(28)29-17-35(83-23-53(77)89-59-45(69)9-10-46(59)70)33(15-27(25)29)81-21-51(75)87-57-41(65)5-6-42(57)66/h13-18H,1-12,19-24H2. The van der Waals surface area contributed by atoms with Gasteiger partial charge in [0, 0.05) is 77.0 Å². The molecule has 4 aromatic carbocycles. The van der Waals surface area contributed by atoms with Gasteiger partial charge in [-0.05, 0) is 68.7 Å². The quantitative estimate of drug-likeness (QED) is 0.0603. The minimum Gasteiger partial charge on any atom is -0.478 e. The molecule has 0 N–H and O–H groups in total. The molecule has 0 saturated carbocycles. The van der Waals surface area contributed by atoms with E-state index in [2.05, 4.69) is 0 Å². The van der Waals surface area contributed by atoms with Crippen molar-refractivity contribution >= 4 is 139 Å². The summed E-state index contributed by atoms with van der Waals surface area (Å²) >= 11 is 0. The maximum absolute atomic E-state index is 13.2. The van der Waals surface area contributed by atoms with E-state index in [0.717, 1.165) is 36.4 Å². The lowest BCUT2D eigenvalue weighted by molar-refractivity contribution is -0.199. The molecule has 0 aromatic heterocycles. The summed E-state index contributed by atoms with van der Waals surface area (Å²) in [6.07, 6.45) is -3.45. The topological polar surface area (TPSA) is 437 Å². The third-order valence-corrected chi connectivity index (χ3v) is 13.4. The van der Waals surface area contributed by atoms with Crippen molar-refractivity contribution in [3.05, 3.63) is 36.4 Å². The van der Waals surface area contributed by atoms with Crippen molar-refractivity contribution in [2.24, 2.45) is 0 Å². The molecule has 6 aliphatic heterocycles. The number of fused-ring (bicyclic) bond motifs is 6. The molecule has 0 atom stereocenters. The maximum atomic E-state index is 13.2. The predicted molar refractivity (Wildman–Crippen MR) is 275 cm³/mol. The molecule has 36 heteroatoms. The molecule has 36 nitrogen and oxygen atoms in total. The van der Waals surface area contributed by atoms with Crippen molar-refractivity contribution < 1.29 is 144 Å². The zero-order valence-corrected chi connectivity index (χ0v) is 46.1. The molecule has 6 saturated heterocycles. The molecule has 6 aliphatic rings. The van der Waals surface area contributed by atoms with Crippen LogP contribution in [0.3, 0.4) is 0 Å². The lowest BCUT2D eigenvalue weighted by atomic mass is 9.93. The molecule has 468 valence electrons. The Morgan fingerprint density at radius 3 is 0.444 bits per heavy atom. The van der Waals surface area contributed by atoms with Gasteiger partial charge in [-0.2, -0.15) is 0 Å². The number of ether oxygens (including phenoxy) is 6. The van der Waals surface area contributed by atoms with Gasteiger partial charge in [-0.25, -0.2) is 28.8 Å². The Labute approximate surface area is 499 Å². The highest BCUT2D eigenvalue weighted by Gasteiger charge is 2.39. The molecule has 6 heterocycles. The maximum Gasteiger partial charge on any atom is 0.370 e. The Bertz CT molecular complexity index is 3170. The highest BCUT2D eigenvalue weighted by atomic mass is 16.8. The van der Waals surface area contributed by atoms with Crippen LogP contribution in [0.1, 0.15) is 77.0 Å². The fourth-order valence-electron chi connectivity index (χ4n) is 9.23. The van der Waals surface area contributed by atoms with Gasteiger partial charge in [-0.3, -0.25) is 57.5 Å². The van der Waals surface area contributed by atoms with Gasteiger partial charge in [0.05, 0.1) is 0 Å². The number of benzene rings is 4. The second kappa shape index (κ2) is 25.6. The van der Waals surface area contributed by atoms with Gasteiger partial charge in [0.2, 0.25) is 0 Å². The number of hydrogen-bond donors (Lipinski definition) is 0. The van der Waals surface area contributed by atoms with E-state index >= 15 is 0 Å². The van der Waals surface area contributed by atoms with Gasteiger partial charge in [0.1, 0.15) is 0 Å². The van der Waals surface area contributed by atoms with Gasteiger partial charge in [-0.15, -0.1) is 30.4 Å². The monoisotopic (exact) mass is 1250 g/mol. The average Bonchev–Trinajstić information content (AvgIpc) is 0.983. The van der Waals surface area contributed by atoms with E-state index in [1.807, 2.05) is 0 Å². The number of hydroxylamine groups is 12. The van der Waals surface area contributed by atoms with E-state index in [4.69, 9.17) is 57.4 Å². The lowest BCUT2D eigenvalue weighted by Crippen LogP contribution is -2.34. The van der Waals surface area contributed by atoms with Gasteiger partial charge in [0.15, 0.2) is 74.1 Å². The van der Waals surface area contributed by atoms with Crippen LogP contribution in [-0.4, -0.2) is 177 Å². The van der Waals surface area contributed by atoms with E-state index in [0.29, 0.717) is 0 Å². The summed E-state index contributed by atoms with van der Waals surface area (Å²) in [5.74, 6) is -21.3. The highest BCUT2D eigenvalue weighted by Crippen LogP contribution is 2.47. The summed E-state index contributed by atoms with van der Waals surface area (Å²) in [6.45, 7) is -6.76. The fourth-order valence-corrected chi connectivity index (χ4v) is 9.23. The summed E-state index contributed by atoms with van der Waals surface area (Å²) in [7, 11) is 0. The third-order valence-electron chi connectivity index (χ3n) is 13.4. The first-order valence-electron chi connectivity index (χ1n) is 26.7. The molecule has 12 amide bonds. The third kappa shape index (κ3) is 13.2.